The van der Waals surface area contributed by atoms with Crippen LogP contribution in [0, 0.1) is 5.92 Å². The van der Waals surface area contributed by atoms with Crippen LogP contribution in [-0.2, 0) is 16.1 Å². The maximum Gasteiger partial charge on any atom is 0.350 e. The first-order valence-corrected chi connectivity index (χ1v) is 11.5. The largest absolute Gasteiger partial charge is 0.350 e. The summed E-state index contributed by atoms with van der Waals surface area (Å²) in [7, 11) is 0. The Morgan fingerprint density at radius 3 is 2.87 bits per heavy atom. The zero-order valence-corrected chi connectivity index (χ0v) is 18.3. The normalized spacial score (nSPS) is 17.1. The van der Waals surface area contributed by atoms with Gasteiger partial charge in [-0.1, -0.05) is 32.0 Å². The molecule has 162 valence electrons. The van der Waals surface area contributed by atoms with Gasteiger partial charge in [-0.2, -0.15) is 0 Å². The standard InChI is InChI=1S/C22H25N5O3S/c1-3-15(2)21(29)26-14-31-13-18(26)20(28)23-17-8-6-7-16(11-17)12-27-22(30)25-10-5-4-9-19(25)24-27/h4-11,15,18H,3,12-14H2,1-2H3,(H,23,28)/t15-,18+/m0/s1. The van der Waals surface area contributed by atoms with Crippen molar-refractivity contribution in [3.05, 3.63) is 64.7 Å². The second-order valence-corrected chi connectivity index (χ2v) is 8.69. The van der Waals surface area contributed by atoms with Gasteiger partial charge in [0.2, 0.25) is 11.8 Å². The van der Waals surface area contributed by atoms with Crippen molar-refractivity contribution in [3.8, 4) is 0 Å². The lowest BCUT2D eigenvalue weighted by molar-refractivity contribution is -0.139. The number of hydrogen-bond acceptors (Lipinski definition) is 5. The molecule has 3 heterocycles. The number of nitrogens with one attached hydrogen (secondary N) is 1. The lowest BCUT2D eigenvalue weighted by atomic mass is 10.1. The van der Waals surface area contributed by atoms with Crippen molar-refractivity contribution >= 4 is 34.9 Å². The van der Waals surface area contributed by atoms with E-state index in [1.807, 2.05) is 38.1 Å². The van der Waals surface area contributed by atoms with E-state index in [0.717, 1.165) is 12.0 Å². The van der Waals surface area contributed by atoms with Crippen LogP contribution in [0.2, 0.25) is 0 Å². The van der Waals surface area contributed by atoms with Gasteiger partial charge in [0.15, 0.2) is 5.65 Å². The fourth-order valence-electron chi connectivity index (χ4n) is 3.55. The Hall–Kier alpha value is -3.07. The Labute approximate surface area is 184 Å². The molecular weight excluding hydrogens is 414 g/mol. The summed E-state index contributed by atoms with van der Waals surface area (Å²) < 4.78 is 2.89. The Bertz CT molecular complexity index is 1170. The third-order valence-electron chi connectivity index (χ3n) is 5.52. The van der Waals surface area contributed by atoms with Crippen LogP contribution in [-0.4, -0.2) is 48.6 Å². The molecule has 1 aromatic carbocycles. The van der Waals surface area contributed by atoms with E-state index in [9.17, 15) is 14.4 Å². The molecular formula is C22H25N5O3S. The number of rotatable bonds is 6. The van der Waals surface area contributed by atoms with Crippen molar-refractivity contribution in [1.82, 2.24) is 19.1 Å². The fourth-order valence-corrected chi connectivity index (χ4v) is 4.72. The number of nitrogens with zero attached hydrogens (tertiary/aromatic N) is 4. The summed E-state index contributed by atoms with van der Waals surface area (Å²) in [5.41, 5.74) is 1.85. The molecule has 0 unspecified atom stereocenters. The number of hydrogen-bond donors (Lipinski definition) is 1. The highest BCUT2D eigenvalue weighted by Gasteiger charge is 2.36. The number of aromatic nitrogens is 3. The summed E-state index contributed by atoms with van der Waals surface area (Å²) in [4.78, 5) is 39.7. The molecule has 1 saturated heterocycles. The maximum atomic E-state index is 12.9. The summed E-state index contributed by atoms with van der Waals surface area (Å²) >= 11 is 1.59. The second kappa shape index (κ2) is 8.97. The van der Waals surface area contributed by atoms with Crippen LogP contribution in [0.25, 0.3) is 5.65 Å². The molecule has 4 rings (SSSR count). The Kier molecular flexibility index (Phi) is 6.13. The van der Waals surface area contributed by atoms with Crippen molar-refractivity contribution in [2.45, 2.75) is 32.9 Å². The van der Waals surface area contributed by atoms with Gasteiger partial charge in [0.25, 0.3) is 0 Å². The molecule has 2 aromatic heterocycles. The number of anilines is 1. The van der Waals surface area contributed by atoms with Crippen LogP contribution in [0.5, 0.6) is 0 Å². The molecule has 1 fully saturated rings. The quantitative estimate of drug-likeness (QED) is 0.637. The summed E-state index contributed by atoms with van der Waals surface area (Å²) in [5.74, 6) is 0.861. The molecule has 0 radical (unpaired) electrons. The molecule has 9 heteroatoms. The third-order valence-corrected chi connectivity index (χ3v) is 6.53. The molecule has 1 aliphatic heterocycles. The lowest BCUT2D eigenvalue weighted by Crippen LogP contribution is -2.46. The zero-order chi connectivity index (χ0) is 22.0. The molecule has 0 bridgehead atoms. The number of carbonyl (C=O) groups excluding carboxylic acids is 2. The van der Waals surface area contributed by atoms with Gasteiger partial charge >= 0.3 is 5.69 Å². The van der Waals surface area contributed by atoms with Crippen LogP contribution in [0.3, 0.4) is 0 Å². The van der Waals surface area contributed by atoms with E-state index in [0.29, 0.717) is 29.5 Å². The first kappa shape index (κ1) is 21.2. The Morgan fingerprint density at radius 2 is 2.10 bits per heavy atom. The predicted octanol–water partition coefficient (Wildman–Crippen LogP) is 2.43. The van der Waals surface area contributed by atoms with E-state index in [4.69, 9.17) is 0 Å². The molecule has 1 aliphatic rings. The average Bonchev–Trinajstić information content (AvgIpc) is 3.38. The molecule has 0 saturated carbocycles. The maximum absolute atomic E-state index is 12.9. The van der Waals surface area contributed by atoms with E-state index in [-0.39, 0.29) is 23.4 Å². The number of amides is 2. The van der Waals surface area contributed by atoms with Gasteiger partial charge in [0.1, 0.15) is 6.04 Å². The van der Waals surface area contributed by atoms with Crippen molar-refractivity contribution in [2.24, 2.45) is 5.92 Å². The number of thioether (sulfide) groups is 1. The smallest absolute Gasteiger partial charge is 0.324 e. The van der Waals surface area contributed by atoms with E-state index >= 15 is 0 Å². The lowest BCUT2D eigenvalue weighted by Gasteiger charge is -2.25. The van der Waals surface area contributed by atoms with E-state index in [2.05, 4.69) is 10.4 Å². The van der Waals surface area contributed by atoms with Gasteiger partial charge in [0, 0.05) is 23.6 Å². The van der Waals surface area contributed by atoms with Crippen LogP contribution >= 0.6 is 11.8 Å². The first-order chi connectivity index (χ1) is 15.0. The summed E-state index contributed by atoms with van der Waals surface area (Å²) in [6.07, 6.45) is 2.43. The van der Waals surface area contributed by atoms with Gasteiger partial charge in [-0.3, -0.25) is 14.0 Å². The average molecular weight is 440 g/mol. The Balaban J connectivity index is 1.48. The minimum Gasteiger partial charge on any atom is -0.324 e. The molecule has 0 aliphatic carbocycles. The molecule has 0 spiro atoms. The highest BCUT2D eigenvalue weighted by Crippen LogP contribution is 2.25. The number of carbonyl (C=O) groups is 2. The molecule has 8 nitrogen and oxygen atoms in total. The van der Waals surface area contributed by atoms with E-state index in [1.165, 1.54) is 9.08 Å². The summed E-state index contributed by atoms with van der Waals surface area (Å²) in [6.45, 7) is 4.16. The SMILES string of the molecule is CC[C@H](C)C(=O)N1CSC[C@@H]1C(=O)Nc1cccc(Cn2nc3ccccn3c2=O)c1. The van der Waals surface area contributed by atoms with Crippen molar-refractivity contribution in [1.29, 1.82) is 0 Å². The highest BCUT2D eigenvalue weighted by molar-refractivity contribution is 7.99. The molecule has 2 atom stereocenters. The fraction of sp³-hybridized carbons (Fsp3) is 0.364. The minimum atomic E-state index is -0.476. The highest BCUT2D eigenvalue weighted by atomic mass is 32.2. The van der Waals surface area contributed by atoms with Crippen molar-refractivity contribution in [3.63, 3.8) is 0 Å². The first-order valence-electron chi connectivity index (χ1n) is 10.3. The Morgan fingerprint density at radius 1 is 1.26 bits per heavy atom. The van der Waals surface area contributed by atoms with Gasteiger partial charge < -0.3 is 10.2 Å². The van der Waals surface area contributed by atoms with Gasteiger partial charge in [0.05, 0.1) is 12.4 Å². The molecule has 31 heavy (non-hydrogen) atoms. The molecule has 1 N–H and O–H groups in total. The van der Waals surface area contributed by atoms with Crippen LogP contribution in [0.1, 0.15) is 25.8 Å². The monoisotopic (exact) mass is 439 g/mol. The molecule has 2 amide bonds. The predicted molar refractivity (Wildman–Crippen MR) is 121 cm³/mol. The van der Waals surface area contributed by atoms with Gasteiger partial charge in [-0.25, -0.2) is 9.48 Å². The van der Waals surface area contributed by atoms with Crippen LogP contribution in [0.4, 0.5) is 5.69 Å². The second-order valence-electron chi connectivity index (χ2n) is 7.69. The minimum absolute atomic E-state index is 0.0209. The summed E-state index contributed by atoms with van der Waals surface area (Å²) in [5, 5.41) is 7.28. The zero-order valence-electron chi connectivity index (χ0n) is 17.5. The number of fused-ring (bicyclic) bond motifs is 1. The van der Waals surface area contributed by atoms with Crippen molar-refractivity contribution in [2.75, 3.05) is 16.9 Å². The topological polar surface area (TPSA) is 88.7 Å². The van der Waals surface area contributed by atoms with Gasteiger partial charge in [-0.15, -0.1) is 16.9 Å². The van der Waals surface area contributed by atoms with Crippen LogP contribution in [0.15, 0.2) is 53.5 Å². The number of pyridine rings is 1. The van der Waals surface area contributed by atoms with Crippen LogP contribution < -0.4 is 11.0 Å². The third kappa shape index (κ3) is 4.36. The number of benzene rings is 1. The summed E-state index contributed by atoms with van der Waals surface area (Å²) in [6, 6.07) is 12.3. The van der Waals surface area contributed by atoms with E-state index < -0.39 is 6.04 Å². The van der Waals surface area contributed by atoms with Crippen molar-refractivity contribution < 1.29 is 9.59 Å². The van der Waals surface area contributed by atoms with Gasteiger partial charge in [-0.05, 0) is 36.2 Å². The molecule has 3 aromatic rings. The van der Waals surface area contributed by atoms with E-state index in [1.54, 1.807) is 41.1 Å².